The average Bonchev–Trinajstić information content (AvgIpc) is 3.04. The molecule has 6 heteroatoms. The first-order chi connectivity index (χ1) is 10.6. The highest BCUT2D eigenvalue weighted by Crippen LogP contribution is 2.48. The SMILES string of the molecule is NC(=O)[C@]12CCC[C@H]1CN(CC(=O)NCc1ccccn1)C2. The van der Waals surface area contributed by atoms with Gasteiger partial charge in [-0.2, -0.15) is 0 Å². The number of carbonyl (C=O) groups is 2. The van der Waals surface area contributed by atoms with Crippen molar-refractivity contribution in [2.75, 3.05) is 19.6 Å². The molecule has 1 aromatic rings. The van der Waals surface area contributed by atoms with Gasteiger partial charge in [0.25, 0.3) is 0 Å². The van der Waals surface area contributed by atoms with Gasteiger partial charge in [0.15, 0.2) is 0 Å². The third kappa shape index (κ3) is 2.83. The van der Waals surface area contributed by atoms with Crippen molar-refractivity contribution in [3.05, 3.63) is 30.1 Å². The van der Waals surface area contributed by atoms with Crippen LogP contribution in [-0.4, -0.2) is 41.3 Å². The molecule has 0 unspecified atom stereocenters. The fourth-order valence-corrected chi connectivity index (χ4v) is 3.87. The van der Waals surface area contributed by atoms with E-state index in [4.69, 9.17) is 5.73 Å². The summed E-state index contributed by atoms with van der Waals surface area (Å²) in [7, 11) is 0. The van der Waals surface area contributed by atoms with Crippen LogP contribution in [0.3, 0.4) is 0 Å². The van der Waals surface area contributed by atoms with E-state index in [-0.39, 0.29) is 11.8 Å². The van der Waals surface area contributed by atoms with Crippen molar-refractivity contribution >= 4 is 11.8 Å². The fourth-order valence-electron chi connectivity index (χ4n) is 3.87. The Morgan fingerprint density at radius 1 is 1.45 bits per heavy atom. The molecule has 1 aromatic heterocycles. The number of likely N-dealkylation sites (tertiary alicyclic amines) is 1. The van der Waals surface area contributed by atoms with Gasteiger partial charge in [0.2, 0.25) is 11.8 Å². The zero-order valence-corrected chi connectivity index (χ0v) is 12.6. The lowest BCUT2D eigenvalue weighted by Gasteiger charge is -2.24. The Bertz CT molecular complexity index is 563. The molecule has 0 aromatic carbocycles. The quantitative estimate of drug-likeness (QED) is 0.818. The van der Waals surface area contributed by atoms with Gasteiger partial charge < -0.3 is 11.1 Å². The van der Waals surface area contributed by atoms with Crippen LogP contribution in [0.15, 0.2) is 24.4 Å². The van der Waals surface area contributed by atoms with Gasteiger partial charge in [-0.25, -0.2) is 0 Å². The van der Waals surface area contributed by atoms with E-state index in [0.29, 0.717) is 25.6 Å². The van der Waals surface area contributed by atoms with Gasteiger partial charge in [0.1, 0.15) is 0 Å². The number of amides is 2. The van der Waals surface area contributed by atoms with Crippen LogP contribution >= 0.6 is 0 Å². The number of nitrogens with one attached hydrogen (secondary N) is 1. The maximum atomic E-state index is 12.1. The summed E-state index contributed by atoms with van der Waals surface area (Å²) >= 11 is 0. The Hall–Kier alpha value is -1.95. The first-order valence-electron chi connectivity index (χ1n) is 7.79. The van der Waals surface area contributed by atoms with Crippen LogP contribution in [0.1, 0.15) is 25.0 Å². The number of fused-ring (bicyclic) bond motifs is 1. The molecule has 3 N–H and O–H groups in total. The van der Waals surface area contributed by atoms with Gasteiger partial charge >= 0.3 is 0 Å². The maximum absolute atomic E-state index is 12.1. The number of nitrogens with two attached hydrogens (primary N) is 1. The molecule has 22 heavy (non-hydrogen) atoms. The molecule has 2 fully saturated rings. The molecule has 3 rings (SSSR count). The summed E-state index contributed by atoms with van der Waals surface area (Å²) in [6, 6.07) is 5.62. The van der Waals surface area contributed by atoms with Crippen molar-refractivity contribution in [2.45, 2.75) is 25.8 Å². The molecule has 0 radical (unpaired) electrons. The van der Waals surface area contributed by atoms with E-state index in [1.54, 1.807) is 6.20 Å². The lowest BCUT2D eigenvalue weighted by molar-refractivity contribution is -0.128. The van der Waals surface area contributed by atoms with Crippen LogP contribution in [-0.2, 0) is 16.1 Å². The molecule has 1 aliphatic carbocycles. The molecular weight excluding hydrogens is 280 g/mol. The monoisotopic (exact) mass is 302 g/mol. The van der Waals surface area contributed by atoms with Crippen LogP contribution < -0.4 is 11.1 Å². The highest BCUT2D eigenvalue weighted by molar-refractivity contribution is 5.83. The molecule has 1 saturated heterocycles. The third-order valence-corrected chi connectivity index (χ3v) is 4.99. The number of carbonyl (C=O) groups excluding carboxylic acids is 2. The number of pyridine rings is 1. The maximum Gasteiger partial charge on any atom is 0.234 e. The minimum atomic E-state index is -0.402. The number of aromatic nitrogens is 1. The van der Waals surface area contributed by atoms with Crippen LogP contribution in [0, 0.1) is 11.3 Å². The number of hydrogen-bond donors (Lipinski definition) is 2. The van der Waals surface area contributed by atoms with Crippen molar-refractivity contribution in [1.29, 1.82) is 0 Å². The standard InChI is InChI=1S/C16H22N4O2/c17-15(22)16-6-3-4-12(16)9-20(11-16)10-14(21)19-8-13-5-1-2-7-18-13/h1-2,5,7,12H,3-4,6,8-11H2,(H2,17,22)(H,19,21)/t12-,16-/m0/s1. The summed E-state index contributed by atoms with van der Waals surface area (Å²) in [5, 5.41) is 2.87. The summed E-state index contributed by atoms with van der Waals surface area (Å²) in [6.45, 7) is 2.15. The Morgan fingerprint density at radius 2 is 2.32 bits per heavy atom. The Morgan fingerprint density at radius 3 is 3.00 bits per heavy atom. The van der Waals surface area contributed by atoms with E-state index in [1.807, 2.05) is 18.2 Å². The number of primary amides is 1. The van der Waals surface area contributed by atoms with Crippen molar-refractivity contribution < 1.29 is 9.59 Å². The van der Waals surface area contributed by atoms with Crippen LogP contribution in [0.25, 0.3) is 0 Å². The average molecular weight is 302 g/mol. The van der Waals surface area contributed by atoms with E-state index in [9.17, 15) is 9.59 Å². The zero-order valence-electron chi connectivity index (χ0n) is 12.6. The molecule has 118 valence electrons. The van der Waals surface area contributed by atoms with E-state index in [2.05, 4.69) is 15.2 Å². The van der Waals surface area contributed by atoms with Gasteiger partial charge in [0.05, 0.1) is 24.2 Å². The first kappa shape index (κ1) is 15.0. The molecule has 2 amide bonds. The van der Waals surface area contributed by atoms with Gasteiger partial charge in [-0.3, -0.25) is 19.5 Å². The zero-order chi connectivity index (χ0) is 15.6. The van der Waals surface area contributed by atoms with Crippen LogP contribution in [0.2, 0.25) is 0 Å². The Labute approximate surface area is 130 Å². The molecule has 1 aliphatic heterocycles. The second kappa shape index (κ2) is 6.04. The van der Waals surface area contributed by atoms with E-state index in [1.165, 1.54) is 0 Å². The predicted molar refractivity (Wildman–Crippen MR) is 81.5 cm³/mol. The van der Waals surface area contributed by atoms with Gasteiger partial charge in [0, 0.05) is 19.3 Å². The van der Waals surface area contributed by atoms with Crippen molar-refractivity contribution in [2.24, 2.45) is 17.1 Å². The summed E-state index contributed by atoms with van der Waals surface area (Å²) in [6.07, 6.45) is 4.67. The topological polar surface area (TPSA) is 88.3 Å². The largest absolute Gasteiger partial charge is 0.369 e. The second-order valence-corrected chi connectivity index (χ2v) is 6.38. The number of hydrogen-bond acceptors (Lipinski definition) is 4. The molecular formula is C16H22N4O2. The lowest BCUT2D eigenvalue weighted by Crippen LogP contribution is -2.42. The Kier molecular flexibility index (Phi) is 4.11. The third-order valence-electron chi connectivity index (χ3n) is 4.99. The first-order valence-corrected chi connectivity index (χ1v) is 7.79. The summed E-state index contributed by atoms with van der Waals surface area (Å²) < 4.78 is 0. The van der Waals surface area contributed by atoms with Crippen molar-refractivity contribution in [1.82, 2.24) is 15.2 Å². The molecule has 2 heterocycles. The summed E-state index contributed by atoms with van der Waals surface area (Å²) in [5.41, 5.74) is 6.06. The lowest BCUT2D eigenvalue weighted by atomic mass is 9.80. The van der Waals surface area contributed by atoms with E-state index < -0.39 is 5.41 Å². The molecule has 6 nitrogen and oxygen atoms in total. The van der Waals surface area contributed by atoms with E-state index >= 15 is 0 Å². The van der Waals surface area contributed by atoms with Crippen molar-refractivity contribution in [3.63, 3.8) is 0 Å². The summed E-state index contributed by atoms with van der Waals surface area (Å²) in [5.74, 6) is 0.0743. The Balaban J connectivity index is 1.52. The highest BCUT2D eigenvalue weighted by Gasteiger charge is 2.53. The minimum absolute atomic E-state index is 0.0368. The van der Waals surface area contributed by atoms with Crippen LogP contribution in [0.4, 0.5) is 0 Å². The molecule has 2 aliphatic rings. The smallest absolute Gasteiger partial charge is 0.234 e. The minimum Gasteiger partial charge on any atom is -0.369 e. The van der Waals surface area contributed by atoms with Gasteiger partial charge in [-0.05, 0) is 30.9 Å². The second-order valence-electron chi connectivity index (χ2n) is 6.38. The molecule has 0 bridgehead atoms. The highest BCUT2D eigenvalue weighted by atomic mass is 16.2. The molecule has 0 spiro atoms. The normalized spacial score (nSPS) is 27.5. The number of nitrogens with zero attached hydrogens (tertiary/aromatic N) is 2. The molecule has 2 atom stereocenters. The fraction of sp³-hybridized carbons (Fsp3) is 0.562. The van der Waals surface area contributed by atoms with Gasteiger partial charge in [-0.15, -0.1) is 0 Å². The number of rotatable bonds is 5. The van der Waals surface area contributed by atoms with Gasteiger partial charge in [-0.1, -0.05) is 12.5 Å². The van der Waals surface area contributed by atoms with Crippen LogP contribution in [0.5, 0.6) is 0 Å². The predicted octanol–water partition coefficient (Wildman–Crippen LogP) is 0.285. The summed E-state index contributed by atoms with van der Waals surface area (Å²) in [4.78, 5) is 30.1. The van der Waals surface area contributed by atoms with E-state index in [0.717, 1.165) is 31.5 Å². The molecule has 1 saturated carbocycles. The van der Waals surface area contributed by atoms with Crippen molar-refractivity contribution in [3.8, 4) is 0 Å².